The number of aromatic nitrogens is 1. The molecule has 1 aromatic carbocycles. The number of hydrogen-bond donors (Lipinski definition) is 2. The molecule has 0 atom stereocenters. The number of carbonyl (C=O) groups excluding carboxylic acids is 1. The smallest absolute Gasteiger partial charge is 0.251 e. The number of anilines is 1. The van der Waals surface area contributed by atoms with Crippen LogP contribution in [0, 0.1) is 18.6 Å². The highest BCUT2D eigenvalue weighted by Crippen LogP contribution is 2.20. The van der Waals surface area contributed by atoms with Gasteiger partial charge in [-0.05, 0) is 26.0 Å². The van der Waals surface area contributed by atoms with Gasteiger partial charge in [-0.1, -0.05) is 0 Å². The zero-order chi connectivity index (χ0) is 15.4. The van der Waals surface area contributed by atoms with Crippen molar-refractivity contribution in [3.63, 3.8) is 0 Å². The average Bonchev–Trinajstić information content (AvgIpc) is 2.85. The Bertz CT molecular complexity index is 634. The minimum atomic E-state index is -0.785. The molecule has 0 aliphatic rings. The molecule has 7 heteroatoms. The van der Waals surface area contributed by atoms with Gasteiger partial charge in [-0.3, -0.25) is 4.79 Å². The van der Waals surface area contributed by atoms with Crippen molar-refractivity contribution in [2.45, 2.75) is 20.4 Å². The predicted octanol–water partition coefficient (Wildman–Crippen LogP) is 3.09. The van der Waals surface area contributed by atoms with Gasteiger partial charge in [-0.25, -0.2) is 13.8 Å². The number of halogens is 2. The predicted molar refractivity (Wildman–Crippen MR) is 78.5 cm³/mol. The van der Waals surface area contributed by atoms with Gasteiger partial charge in [0, 0.05) is 23.2 Å². The van der Waals surface area contributed by atoms with Gasteiger partial charge in [0.2, 0.25) is 0 Å². The van der Waals surface area contributed by atoms with Crippen LogP contribution in [0.5, 0.6) is 0 Å². The molecule has 2 N–H and O–H groups in total. The van der Waals surface area contributed by atoms with Crippen LogP contribution in [0.4, 0.5) is 14.5 Å². The van der Waals surface area contributed by atoms with E-state index in [0.717, 1.165) is 22.8 Å². The molecule has 1 amide bonds. The van der Waals surface area contributed by atoms with Crippen LogP contribution in [0.15, 0.2) is 17.5 Å². The van der Waals surface area contributed by atoms with E-state index in [2.05, 4.69) is 15.6 Å². The summed E-state index contributed by atoms with van der Waals surface area (Å²) in [5.74, 6) is -2.11. The van der Waals surface area contributed by atoms with Crippen LogP contribution < -0.4 is 10.6 Å². The van der Waals surface area contributed by atoms with Crippen molar-refractivity contribution in [3.05, 3.63) is 45.4 Å². The second kappa shape index (κ2) is 6.62. The van der Waals surface area contributed by atoms with Crippen molar-refractivity contribution >= 4 is 22.9 Å². The molecule has 0 aliphatic carbocycles. The van der Waals surface area contributed by atoms with Crippen molar-refractivity contribution in [1.82, 2.24) is 10.3 Å². The summed E-state index contributed by atoms with van der Waals surface area (Å²) >= 11 is 1.42. The fourth-order valence-corrected chi connectivity index (χ4v) is 2.50. The molecule has 2 aromatic rings. The molecule has 0 spiro atoms. The first kappa shape index (κ1) is 15.4. The maximum atomic E-state index is 13.7. The van der Waals surface area contributed by atoms with Gasteiger partial charge in [0.15, 0.2) is 0 Å². The van der Waals surface area contributed by atoms with E-state index >= 15 is 0 Å². The van der Waals surface area contributed by atoms with Crippen LogP contribution in [0.2, 0.25) is 0 Å². The third kappa shape index (κ3) is 3.75. The Morgan fingerprint density at radius 1 is 1.33 bits per heavy atom. The summed E-state index contributed by atoms with van der Waals surface area (Å²) < 4.78 is 27.5. The molecule has 0 fully saturated rings. The third-order valence-electron chi connectivity index (χ3n) is 2.72. The van der Waals surface area contributed by atoms with E-state index in [-0.39, 0.29) is 17.8 Å². The Morgan fingerprint density at radius 3 is 2.52 bits per heavy atom. The van der Waals surface area contributed by atoms with Crippen LogP contribution in [0.1, 0.15) is 28.0 Å². The maximum Gasteiger partial charge on any atom is 0.251 e. The first-order valence-corrected chi connectivity index (χ1v) is 7.31. The maximum absolute atomic E-state index is 13.7. The number of nitrogens with zero attached hydrogens (tertiary/aromatic N) is 1. The molecule has 0 aliphatic heterocycles. The number of aryl methyl sites for hydroxylation is 1. The summed E-state index contributed by atoms with van der Waals surface area (Å²) in [7, 11) is 0. The van der Waals surface area contributed by atoms with Crippen molar-refractivity contribution in [1.29, 1.82) is 0 Å². The van der Waals surface area contributed by atoms with Gasteiger partial charge >= 0.3 is 0 Å². The average molecular weight is 311 g/mol. The van der Waals surface area contributed by atoms with Crippen molar-refractivity contribution < 1.29 is 13.6 Å². The molecule has 0 saturated heterocycles. The van der Waals surface area contributed by atoms with Gasteiger partial charge in [0.05, 0.1) is 6.54 Å². The monoisotopic (exact) mass is 311 g/mol. The van der Waals surface area contributed by atoms with Crippen LogP contribution in [0.3, 0.4) is 0 Å². The summed E-state index contributed by atoms with van der Waals surface area (Å²) in [5, 5.41) is 7.78. The van der Waals surface area contributed by atoms with E-state index in [4.69, 9.17) is 0 Å². The van der Waals surface area contributed by atoms with Crippen molar-refractivity contribution in [2.75, 3.05) is 11.9 Å². The lowest BCUT2D eigenvalue weighted by Gasteiger charge is -2.09. The van der Waals surface area contributed by atoms with Gasteiger partial charge in [0.25, 0.3) is 5.91 Å². The van der Waals surface area contributed by atoms with E-state index in [9.17, 15) is 13.6 Å². The molecular formula is C14H15F2N3OS. The van der Waals surface area contributed by atoms with Crippen molar-refractivity contribution in [2.24, 2.45) is 0 Å². The van der Waals surface area contributed by atoms with Gasteiger partial charge < -0.3 is 10.6 Å². The highest BCUT2D eigenvalue weighted by molar-refractivity contribution is 7.09. The zero-order valence-electron chi connectivity index (χ0n) is 11.7. The number of thiazole rings is 1. The van der Waals surface area contributed by atoms with Crippen molar-refractivity contribution in [3.8, 4) is 0 Å². The Labute approximate surface area is 125 Å². The quantitative estimate of drug-likeness (QED) is 0.892. The summed E-state index contributed by atoms with van der Waals surface area (Å²) in [6.07, 6.45) is 0. The minimum Gasteiger partial charge on any atom is -0.381 e. The van der Waals surface area contributed by atoms with Crippen LogP contribution in [-0.4, -0.2) is 17.4 Å². The number of nitrogens with one attached hydrogen (secondary N) is 2. The lowest BCUT2D eigenvalue weighted by molar-refractivity contribution is 0.0950. The van der Waals surface area contributed by atoms with E-state index in [1.165, 1.54) is 11.3 Å². The lowest BCUT2D eigenvalue weighted by Crippen LogP contribution is -2.23. The summed E-state index contributed by atoms with van der Waals surface area (Å²) in [6, 6.07) is 2.03. The van der Waals surface area contributed by atoms with Gasteiger partial charge in [-0.15, -0.1) is 11.3 Å². The SMILES string of the molecule is CCNc1c(F)cc(C(=O)NCc2nc(C)cs2)cc1F. The Hall–Kier alpha value is -2.02. The molecule has 2 rings (SSSR count). The lowest BCUT2D eigenvalue weighted by atomic mass is 10.1. The Kier molecular flexibility index (Phi) is 4.85. The summed E-state index contributed by atoms with van der Waals surface area (Å²) in [6.45, 7) is 4.21. The number of carbonyl (C=O) groups is 1. The normalized spacial score (nSPS) is 10.5. The number of benzene rings is 1. The Morgan fingerprint density at radius 2 is 2.00 bits per heavy atom. The fraction of sp³-hybridized carbons (Fsp3) is 0.286. The summed E-state index contributed by atoms with van der Waals surface area (Å²) in [5.41, 5.74) is 0.598. The molecule has 112 valence electrons. The van der Waals surface area contributed by atoms with E-state index in [1.807, 2.05) is 12.3 Å². The highest BCUT2D eigenvalue weighted by atomic mass is 32.1. The molecule has 0 radical (unpaired) electrons. The molecular weight excluding hydrogens is 296 g/mol. The third-order valence-corrected chi connectivity index (χ3v) is 3.69. The molecule has 0 saturated carbocycles. The molecule has 1 aromatic heterocycles. The standard InChI is InChI=1S/C14H15F2N3OS/c1-3-17-13-10(15)4-9(5-11(13)16)14(20)18-6-12-19-8(2)7-21-12/h4-5,7,17H,3,6H2,1-2H3,(H,18,20). The fourth-order valence-electron chi connectivity index (χ4n) is 1.79. The second-order valence-electron chi connectivity index (χ2n) is 4.41. The topological polar surface area (TPSA) is 54.0 Å². The van der Waals surface area contributed by atoms with Crippen LogP contribution >= 0.6 is 11.3 Å². The number of hydrogen-bond acceptors (Lipinski definition) is 4. The number of amides is 1. The molecule has 0 bridgehead atoms. The Balaban J connectivity index is 2.08. The van der Waals surface area contributed by atoms with Crippen LogP contribution in [-0.2, 0) is 6.54 Å². The van der Waals surface area contributed by atoms with E-state index in [1.54, 1.807) is 6.92 Å². The largest absolute Gasteiger partial charge is 0.381 e. The van der Waals surface area contributed by atoms with Gasteiger partial charge in [-0.2, -0.15) is 0 Å². The first-order valence-electron chi connectivity index (χ1n) is 6.43. The van der Waals surface area contributed by atoms with E-state index < -0.39 is 17.5 Å². The van der Waals surface area contributed by atoms with Gasteiger partial charge in [0.1, 0.15) is 22.3 Å². The molecule has 4 nitrogen and oxygen atoms in total. The summed E-state index contributed by atoms with van der Waals surface area (Å²) in [4.78, 5) is 16.1. The first-order chi connectivity index (χ1) is 10.0. The number of rotatable bonds is 5. The highest BCUT2D eigenvalue weighted by Gasteiger charge is 2.15. The zero-order valence-corrected chi connectivity index (χ0v) is 12.5. The molecule has 1 heterocycles. The minimum absolute atomic E-state index is 0.0556. The molecule has 0 unspecified atom stereocenters. The van der Waals surface area contributed by atoms with E-state index in [0.29, 0.717) is 6.54 Å². The second-order valence-corrected chi connectivity index (χ2v) is 5.35. The van der Waals surface area contributed by atoms with Crippen LogP contribution in [0.25, 0.3) is 0 Å². The molecule has 21 heavy (non-hydrogen) atoms.